The van der Waals surface area contributed by atoms with Gasteiger partial charge in [0.25, 0.3) is 5.91 Å². The summed E-state index contributed by atoms with van der Waals surface area (Å²) in [4.78, 5) is 39.8. The van der Waals surface area contributed by atoms with Gasteiger partial charge in [-0.1, -0.05) is 66.8 Å². The molecule has 0 N–H and O–H groups in total. The average molecular weight is 499 g/mol. The molecule has 3 aliphatic rings. The van der Waals surface area contributed by atoms with Crippen LogP contribution in [0.15, 0.2) is 72.8 Å². The Morgan fingerprint density at radius 1 is 1.00 bits per heavy atom. The van der Waals surface area contributed by atoms with Gasteiger partial charge in [0.1, 0.15) is 5.78 Å². The molecular formula is C32H38N2O3. The zero-order chi connectivity index (χ0) is 26.4. The lowest BCUT2D eigenvalue weighted by molar-refractivity contribution is -0.133. The van der Waals surface area contributed by atoms with E-state index in [-0.39, 0.29) is 23.9 Å². The van der Waals surface area contributed by atoms with Crippen LogP contribution < -0.4 is 0 Å². The molecular weight excluding hydrogens is 460 g/mol. The van der Waals surface area contributed by atoms with Crippen molar-refractivity contribution in [2.75, 3.05) is 19.6 Å². The molecule has 0 radical (unpaired) electrons. The van der Waals surface area contributed by atoms with Crippen molar-refractivity contribution in [1.82, 2.24) is 9.80 Å². The summed E-state index contributed by atoms with van der Waals surface area (Å²) >= 11 is 0. The average Bonchev–Trinajstić information content (AvgIpc) is 3.23. The number of hydrogen-bond donors (Lipinski definition) is 0. The minimum Gasteiger partial charge on any atom is -0.324 e. The molecule has 2 heterocycles. The Hall–Kier alpha value is -3.31. The molecule has 5 nitrogen and oxygen atoms in total. The van der Waals surface area contributed by atoms with Crippen molar-refractivity contribution < 1.29 is 14.4 Å². The lowest BCUT2D eigenvalue weighted by atomic mass is 9.89. The van der Waals surface area contributed by atoms with Gasteiger partial charge < -0.3 is 4.90 Å². The maximum absolute atomic E-state index is 12.4. The highest BCUT2D eigenvalue weighted by Crippen LogP contribution is 2.31. The summed E-state index contributed by atoms with van der Waals surface area (Å²) in [5.74, 6) is 0.550. The van der Waals surface area contributed by atoms with E-state index in [1.807, 2.05) is 31.2 Å². The van der Waals surface area contributed by atoms with Gasteiger partial charge in [0.05, 0.1) is 12.5 Å². The fraction of sp³-hybridized carbons (Fsp3) is 0.406. The summed E-state index contributed by atoms with van der Waals surface area (Å²) < 4.78 is 0. The molecule has 0 spiro atoms. The van der Waals surface area contributed by atoms with E-state index in [0.717, 1.165) is 23.6 Å². The van der Waals surface area contributed by atoms with E-state index in [4.69, 9.17) is 0 Å². The largest absolute Gasteiger partial charge is 0.324 e. The molecule has 5 rings (SSSR count). The lowest BCUT2D eigenvalue weighted by Crippen LogP contribution is -2.44. The van der Waals surface area contributed by atoms with Crippen LogP contribution in [0.3, 0.4) is 0 Å². The minimum absolute atomic E-state index is 0.0124. The SMILES string of the molecule is C=C/C=C(\C)CN1CCC(c2ccccc2)CC1.Cc1cccc2c1CN(C1CCC(=O)CC1=O)C2=O. The normalized spacial score (nSPS) is 20.9. The Labute approximate surface area is 220 Å². The van der Waals surface area contributed by atoms with Crippen LogP contribution in [-0.4, -0.2) is 52.9 Å². The van der Waals surface area contributed by atoms with Crippen LogP contribution in [0.4, 0.5) is 0 Å². The molecule has 1 amide bonds. The molecule has 37 heavy (non-hydrogen) atoms. The predicted molar refractivity (Wildman–Crippen MR) is 148 cm³/mol. The first-order valence-electron chi connectivity index (χ1n) is 13.4. The number of fused-ring (bicyclic) bond motifs is 1. The molecule has 1 unspecified atom stereocenters. The van der Waals surface area contributed by atoms with E-state index in [2.05, 4.69) is 54.8 Å². The Morgan fingerprint density at radius 3 is 2.38 bits per heavy atom. The number of amides is 1. The summed E-state index contributed by atoms with van der Waals surface area (Å²) in [7, 11) is 0. The second kappa shape index (κ2) is 12.3. The van der Waals surface area contributed by atoms with Crippen molar-refractivity contribution >= 4 is 17.5 Å². The van der Waals surface area contributed by atoms with Crippen LogP contribution in [0, 0.1) is 6.92 Å². The number of allylic oxidation sites excluding steroid dienone is 2. The molecule has 1 aliphatic carbocycles. The monoisotopic (exact) mass is 498 g/mol. The number of carbonyl (C=O) groups excluding carboxylic acids is 3. The second-order valence-corrected chi connectivity index (χ2v) is 10.5. The number of benzene rings is 2. The summed E-state index contributed by atoms with van der Waals surface area (Å²) in [6, 6.07) is 16.2. The first-order valence-corrected chi connectivity index (χ1v) is 13.4. The quantitative estimate of drug-likeness (QED) is 0.395. The summed E-state index contributed by atoms with van der Waals surface area (Å²) in [6.45, 7) is 11.9. The first kappa shape index (κ1) is 26.7. The van der Waals surface area contributed by atoms with Crippen molar-refractivity contribution in [3.05, 3.63) is 95.1 Å². The van der Waals surface area contributed by atoms with E-state index < -0.39 is 6.04 Å². The van der Waals surface area contributed by atoms with Gasteiger partial charge in [-0.05, 0) is 74.9 Å². The Morgan fingerprint density at radius 2 is 1.73 bits per heavy atom. The maximum atomic E-state index is 12.4. The third-order valence-electron chi connectivity index (χ3n) is 7.78. The fourth-order valence-electron chi connectivity index (χ4n) is 5.71. The molecule has 1 saturated carbocycles. The first-order chi connectivity index (χ1) is 17.9. The van der Waals surface area contributed by atoms with E-state index in [0.29, 0.717) is 24.9 Å². The zero-order valence-electron chi connectivity index (χ0n) is 22.1. The highest BCUT2D eigenvalue weighted by atomic mass is 16.2. The molecule has 5 heteroatoms. The van der Waals surface area contributed by atoms with Gasteiger partial charge >= 0.3 is 0 Å². The summed E-state index contributed by atoms with van der Waals surface area (Å²) in [6.07, 6.45) is 7.40. The van der Waals surface area contributed by atoms with Crippen molar-refractivity contribution in [3.8, 4) is 0 Å². The Balaban J connectivity index is 0.000000173. The van der Waals surface area contributed by atoms with Crippen LogP contribution in [0.25, 0.3) is 0 Å². The fourth-order valence-corrected chi connectivity index (χ4v) is 5.71. The van der Waals surface area contributed by atoms with Gasteiger partial charge in [-0.15, -0.1) is 0 Å². The molecule has 2 aliphatic heterocycles. The number of carbonyl (C=O) groups is 3. The Bertz CT molecular complexity index is 1180. The molecule has 2 aromatic carbocycles. The maximum Gasteiger partial charge on any atom is 0.255 e. The standard InChI is InChI=1S/C17H23N.C15H15NO3/c1-3-7-15(2)14-18-12-10-17(11-13-18)16-8-5-4-6-9-16;1-9-3-2-4-11-12(9)8-16(15(11)19)13-6-5-10(17)7-14(13)18/h3-9,17H,1,10-14H2,2H3;2-4,13H,5-8H2,1H3/b15-7+;. The highest BCUT2D eigenvalue weighted by molar-refractivity contribution is 6.07. The van der Waals surface area contributed by atoms with Crippen molar-refractivity contribution in [2.24, 2.45) is 0 Å². The molecule has 1 saturated heterocycles. The van der Waals surface area contributed by atoms with Crippen molar-refractivity contribution in [2.45, 2.75) is 64.5 Å². The number of piperidine rings is 1. The van der Waals surface area contributed by atoms with E-state index in [1.165, 1.54) is 37.1 Å². The number of rotatable bonds is 5. The van der Waals surface area contributed by atoms with Crippen LogP contribution >= 0.6 is 0 Å². The molecule has 1 atom stereocenters. The van der Waals surface area contributed by atoms with E-state index >= 15 is 0 Å². The second-order valence-electron chi connectivity index (χ2n) is 10.5. The number of likely N-dealkylation sites (tertiary alicyclic amines) is 1. The number of aryl methyl sites for hydroxylation is 1. The van der Waals surface area contributed by atoms with Crippen molar-refractivity contribution in [3.63, 3.8) is 0 Å². The predicted octanol–water partition coefficient (Wildman–Crippen LogP) is 5.64. The van der Waals surface area contributed by atoms with Gasteiger partial charge in [0.15, 0.2) is 5.78 Å². The van der Waals surface area contributed by atoms with Gasteiger partial charge in [-0.2, -0.15) is 0 Å². The lowest BCUT2D eigenvalue weighted by Gasteiger charge is -2.32. The number of ketones is 2. The minimum atomic E-state index is -0.419. The third-order valence-corrected chi connectivity index (χ3v) is 7.78. The van der Waals surface area contributed by atoms with E-state index in [9.17, 15) is 14.4 Å². The summed E-state index contributed by atoms with van der Waals surface area (Å²) in [5, 5.41) is 0. The van der Waals surface area contributed by atoms with Gasteiger partial charge in [0, 0.05) is 25.1 Å². The summed E-state index contributed by atoms with van der Waals surface area (Å²) in [5.41, 5.74) is 5.70. The number of Topliss-reactive ketones (excluding diaryl/α,β-unsaturated/α-hetero) is 2. The molecule has 194 valence electrons. The van der Waals surface area contributed by atoms with Gasteiger partial charge in [0.2, 0.25) is 0 Å². The number of nitrogens with zero attached hydrogens (tertiary/aromatic N) is 2. The highest BCUT2D eigenvalue weighted by Gasteiger charge is 2.39. The smallest absolute Gasteiger partial charge is 0.255 e. The van der Waals surface area contributed by atoms with Gasteiger partial charge in [-0.3, -0.25) is 19.3 Å². The van der Waals surface area contributed by atoms with Crippen LogP contribution in [0.5, 0.6) is 0 Å². The Kier molecular flexibility index (Phi) is 8.88. The van der Waals surface area contributed by atoms with Crippen LogP contribution in [0.1, 0.15) is 72.0 Å². The molecule has 0 aromatic heterocycles. The number of hydrogen-bond acceptors (Lipinski definition) is 4. The molecule has 2 aromatic rings. The van der Waals surface area contributed by atoms with Crippen LogP contribution in [0.2, 0.25) is 0 Å². The molecule has 0 bridgehead atoms. The zero-order valence-corrected chi connectivity index (χ0v) is 22.1. The van der Waals surface area contributed by atoms with E-state index in [1.54, 1.807) is 4.90 Å². The third kappa shape index (κ3) is 6.53. The van der Waals surface area contributed by atoms with Crippen molar-refractivity contribution in [1.29, 1.82) is 0 Å². The van der Waals surface area contributed by atoms with Gasteiger partial charge in [-0.25, -0.2) is 0 Å². The molecule has 2 fully saturated rings. The topological polar surface area (TPSA) is 57.7 Å². The van der Waals surface area contributed by atoms with Crippen LogP contribution in [-0.2, 0) is 16.1 Å².